The van der Waals surface area contributed by atoms with Crippen LogP contribution in [0.1, 0.15) is 20.3 Å². The van der Waals surface area contributed by atoms with Gasteiger partial charge in [-0.15, -0.1) is 11.6 Å². The van der Waals surface area contributed by atoms with Gasteiger partial charge in [0.15, 0.2) is 0 Å². The summed E-state index contributed by atoms with van der Waals surface area (Å²) < 4.78 is 0. The standard InChI is InChI=1S/C9H18ClNOS/c1-7(6-10)9(12)11-5-4-8(2)13-3/h7-8H,4-6H2,1-3H3,(H,11,12). The van der Waals surface area contributed by atoms with Gasteiger partial charge in [0.1, 0.15) is 0 Å². The first-order valence-electron chi connectivity index (χ1n) is 4.48. The van der Waals surface area contributed by atoms with Crippen LogP contribution in [0.2, 0.25) is 0 Å². The molecule has 0 aliphatic carbocycles. The van der Waals surface area contributed by atoms with Crippen molar-refractivity contribution in [3.8, 4) is 0 Å². The molecule has 2 nitrogen and oxygen atoms in total. The molecule has 13 heavy (non-hydrogen) atoms. The van der Waals surface area contributed by atoms with Crippen molar-refractivity contribution in [3.05, 3.63) is 0 Å². The molecular formula is C9H18ClNOS. The smallest absolute Gasteiger partial charge is 0.224 e. The molecule has 0 radical (unpaired) electrons. The molecule has 0 saturated carbocycles. The lowest BCUT2D eigenvalue weighted by molar-refractivity contribution is -0.123. The monoisotopic (exact) mass is 223 g/mol. The average Bonchev–Trinajstić information content (AvgIpc) is 2.15. The second-order valence-corrected chi connectivity index (χ2v) is 4.77. The highest BCUT2D eigenvalue weighted by Gasteiger charge is 2.10. The summed E-state index contributed by atoms with van der Waals surface area (Å²) in [7, 11) is 0. The van der Waals surface area contributed by atoms with Gasteiger partial charge in [-0.1, -0.05) is 13.8 Å². The zero-order valence-corrected chi connectivity index (χ0v) is 10.0. The Kier molecular flexibility index (Phi) is 7.57. The Hall–Kier alpha value is 0.110. The van der Waals surface area contributed by atoms with Crippen LogP contribution in [0.5, 0.6) is 0 Å². The summed E-state index contributed by atoms with van der Waals surface area (Å²) in [4.78, 5) is 11.2. The average molecular weight is 224 g/mol. The number of hydrogen-bond donors (Lipinski definition) is 1. The molecule has 0 aliphatic heterocycles. The first kappa shape index (κ1) is 13.1. The predicted molar refractivity (Wildman–Crippen MR) is 60.5 cm³/mol. The second-order valence-electron chi connectivity index (χ2n) is 3.18. The van der Waals surface area contributed by atoms with E-state index in [9.17, 15) is 4.79 Å². The number of thioether (sulfide) groups is 1. The van der Waals surface area contributed by atoms with Crippen molar-refractivity contribution < 1.29 is 4.79 Å². The van der Waals surface area contributed by atoms with Crippen molar-refractivity contribution in [2.45, 2.75) is 25.5 Å². The summed E-state index contributed by atoms with van der Waals surface area (Å²) in [6.45, 7) is 4.74. The van der Waals surface area contributed by atoms with E-state index in [1.54, 1.807) is 0 Å². The third kappa shape index (κ3) is 6.22. The van der Waals surface area contributed by atoms with E-state index < -0.39 is 0 Å². The molecule has 0 aliphatic rings. The Morgan fingerprint density at radius 3 is 2.62 bits per heavy atom. The highest BCUT2D eigenvalue weighted by molar-refractivity contribution is 7.99. The van der Waals surface area contributed by atoms with Crippen LogP contribution in [0, 0.1) is 5.92 Å². The molecular weight excluding hydrogens is 206 g/mol. The van der Waals surface area contributed by atoms with Crippen LogP contribution in [-0.2, 0) is 4.79 Å². The van der Waals surface area contributed by atoms with Crippen molar-refractivity contribution >= 4 is 29.3 Å². The molecule has 0 heterocycles. The van der Waals surface area contributed by atoms with Gasteiger partial charge < -0.3 is 5.32 Å². The van der Waals surface area contributed by atoms with E-state index in [1.807, 2.05) is 18.7 Å². The fraction of sp³-hybridized carbons (Fsp3) is 0.889. The molecule has 1 N–H and O–H groups in total. The van der Waals surface area contributed by atoms with E-state index in [1.165, 1.54) is 0 Å². The van der Waals surface area contributed by atoms with Gasteiger partial charge in [-0.05, 0) is 12.7 Å². The number of hydrogen-bond acceptors (Lipinski definition) is 2. The van der Waals surface area contributed by atoms with Crippen molar-refractivity contribution in [1.82, 2.24) is 5.32 Å². The lowest BCUT2D eigenvalue weighted by Crippen LogP contribution is -2.31. The molecule has 0 aromatic heterocycles. The fourth-order valence-electron chi connectivity index (χ4n) is 0.761. The van der Waals surface area contributed by atoms with E-state index in [4.69, 9.17) is 11.6 Å². The Bertz CT molecular complexity index is 155. The van der Waals surface area contributed by atoms with E-state index in [-0.39, 0.29) is 11.8 Å². The SMILES string of the molecule is CSC(C)CCNC(=O)C(C)CCl. The molecule has 2 unspecified atom stereocenters. The van der Waals surface area contributed by atoms with Crippen molar-refractivity contribution in [3.63, 3.8) is 0 Å². The van der Waals surface area contributed by atoms with E-state index in [0.29, 0.717) is 11.1 Å². The fourth-order valence-corrected chi connectivity index (χ4v) is 1.25. The molecule has 0 bridgehead atoms. The maximum Gasteiger partial charge on any atom is 0.224 e. The Morgan fingerprint density at radius 1 is 1.54 bits per heavy atom. The van der Waals surface area contributed by atoms with Gasteiger partial charge in [0.25, 0.3) is 0 Å². The highest BCUT2D eigenvalue weighted by atomic mass is 35.5. The minimum atomic E-state index is -0.0775. The lowest BCUT2D eigenvalue weighted by Gasteiger charge is -2.11. The topological polar surface area (TPSA) is 29.1 Å². The van der Waals surface area contributed by atoms with E-state index in [2.05, 4.69) is 18.5 Å². The first-order valence-corrected chi connectivity index (χ1v) is 6.30. The lowest BCUT2D eigenvalue weighted by atomic mass is 10.2. The van der Waals surface area contributed by atoms with Gasteiger partial charge in [-0.25, -0.2) is 0 Å². The number of alkyl halides is 1. The maximum absolute atomic E-state index is 11.2. The molecule has 1 amide bonds. The van der Waals surface area contributed by atoms with Crippen LogP contribution < -0.4 is 5.32 Å². The van der Waals surface area contributed by atoms with Gasteiger partial charge in [0, 0.05) is 23.6 Å². The minimum absolute atomic E-state index is 0.0586. The summed E-state index contributed by atoms with van der Waals surface area (Å²) >= 11 is 7.36. The van der Waals surface area contributed by atoms with Crippen molar-refractivity contribution in [2.24, 2.45) is 5.92 Å². The Morgan fingerprint density at radius 2 is 2.15 bits per heavy atom. The van der Waals surface area contributed by atoms with Crippen LogP contribution in [0.25, 0.3) is 0 Å². The van der Waals surface area contributed by atoms with Gasteiger partial charge in [-0.3, -0.25) is 4.79 Å². The molecule has 0 spiro atoms. The van der Waals surface area contributed by atoms with Gasteiger partial charge >= 0.3 is 0 Å². The van der Waals surface area contributed by atoms with Crippen LogP contribution in [0.15, 0.2) is 0 Å². The molecule has 0 aromatic carbocycles. The van der Waals surface area contributed by atoms with Gasteiger partial charge in [0.05, 0.1) is 0 Å². The second kappa shape index (κ2) is 7.51. The molecule has 0 saturated heterocycles. The summed E-state index contributed by atoms with van der Waals surface area (Å²) in [6, 6.07) is 0. The number of carbonyl (C=O) groups excluding carboxylic acids is 1. The van der Waals surface area contributed by atoms with Gasteiger partial charge in [-0.2, -0.15) is 11.8 Å². The van der Waals surface area contributed by atoms with Crippen LogP contribution in [0.4, 0.5) is 0 Å². The third-order valence-corrected chi connectivity index (χ3v) is 3.43. The van der Waals surface area contributed by atoms with Crippen LogP contribution in [-0.4, -0.2) is 29.8 Å². The normalized spacial score (nSPS) is 15.1. The minimum Gasteiger partial charge on any atom is -0.356 e. The molecule has 0 aromatic rings. The van der Waals surface area contributed by atoms with E-state index >= 15 is 0 Å². The quantitative estimate of drug-likeness (QED) is 0.699. The Balaban J connectivity index is 3.47. The zero-order chi connectivity index (χ0) is 10.3. The molecule has 0 rings (SSSR count). The molecule has 2 atom stereocenters. The highest BCUT2D eigenvalue weighted by Crippen LogP contribution is 2.08. The van der Waals surface area contributed by atoms with Gasteiger partial charge in [0.2, 0.25) is 5.91 Å². The molecule has 78 valence electrons. The largest absolute Gasteiger partial charge is 0.356 e. The molecule has 4 heteroatoms. The number of nitrogens with one attached hydrogen (secondary N) is 1. The van der Waals surface area contributed by atoms with Crippen molar-refractivity contribution in [1.29, 1.82) is 0 Å². The van der Waals surface area contributed by atoms with Crippen molar-refractivity contribution in [2.75, 3.05) is 18.7 Å². The first-order chi connectivity index (χ1) is 6.11. The molecule has 0 fully saturated rings. The van der Waals surface area contributed by atoms with Crippen LogP contribution >= 0.6 is 23.4 Å². The summed E-state index contributed by atoms with van der Waals surface area (Å²) in [5.74, 6) is 0.374. The Labute approximate surface area is 89.8 Å². The predicted octanol–water partition coefficient (Wildman–Crippen LogP) is 2.12. The summed E-state index contributed by atoms with van der Waals surface area (Å²) in [6.07, 6.45) is 3.09. The van der Waals surface area contributed by atoms with Crippen LogP contribution in [0.3, 0.4) is 0 Å². The van der Waals surface area contributed by atoms with E-state index in [0.717, 1.165) is 13.0 Å². The zero-order valence-electron chi connectivity index (χ0n) is 8.47. The number of amides is 1. The summed E-state index contributed by atoms with van der Waals surface area (Å²) in [5, 5.41) is 3.47. The third-order valence-electron chi connectivity index (χ3n) is 1.93. The number of rotatable bonds is 6. The maximum atomic E-state index is 11.2. The number of carbonyl (C=O) groups is 1. The summed E-state index contributed by atoms with van der Waals surface area (Å²) in [5.41, 5.74) is 0. The number of halogens is 1.